The maximum atomic E-state index is 13.2. The minimum Gasteiger partial charge on any atom is -0.493 e. The van der Waals surface area contributed by atoms with Crippen LogP contribution in [0.25, 0.3) is 10.1 Å². The summed E-state index contributed by atoms with van der Waals surface area (Å²) in [7, 11) is 1.51. The van der Waals surface area contributed by atoms with Gasteiger partial charge in [-0.1, -0.05) is 6.07 Å². The molecule has 0 fully saturated rings. The summed E-state index contributed by atoms with van der Waals surface area (Å²) < 4.78 is 20.8. The van der Waals surface area contributed by atoms with Crippen LogP contribution in [-0.4, -0.2) is 22.7 Å². The van der Waals surface area contributed by atoms with Gasteiger partial charge in [-0.25, -0.2) is 4.39 Å². The van der Waals surface area contributed by atoms with Gasteiger partial charge < -0.3 is 4.74 Å². The molecule has 108 valence electrons. The molecule has 4 nitrogen and oxygen atoms in total. The molecule has 0 saturated heterocycles. The van der Waals surface area contributed by atoms with Gasteiger partial charge >= 0.3 is 0 Å². The van der Waals surface area contributed by atoms with E-state index in [-0.39, 0.29) is 11.6 Å². The fourth-order valence-electron chi connectivity index (χ4n) is 2.22. The number of carbonyl (C=O) groups excluding carboxylic acids is 1. The summed E-state index contributed by atoms with van der Waals surface area (Å²) in [5.41, 5.74) is 0.423. The Balaban J connectivity index is 2.10. The largest absolute Gasteiger partial charge is 0.493 e. The van der Waals surface area contributed by atoms with Gasteiger partial charge in [0, 0.05) is 11.2 Å². The Hall–Kier alpha value is -2.21. The van der Waals surface area contributed by atoms with Gasteiger partial charge in [0.15, 0.2) is 11.4 Å². The standard InChI is InChI=1S/C15H13FN2O2S/c1-3-18-14(11(20-2)8-17-18)15(19)13-6-9-4-5-10(16)7-12(9)21-13/h4-8H,3H2,1-2H3. The zero-order valence-electron chi connectivity index (χ0n) is 11.6. The van der Waals surface area contributed by atoms with Gasteiger partial charge in [-0.15, -0.1) is 11.3 Å². The van der Waals surface area contributed by atoms with Crippen molar-refractivity contribution in [1.82, 2.24) is 9.78 Å². The Morgan fingerprint density at radius 3 is 2.95 bits per heavy atom. The molecule has 0 N–H and O–H groups in total. The van der Waals surface area contributed by atoms with Crippen molar-refractivity contribution in [3.8, 4) is 5.75 Å². The van der Waals surface area contributed by atoms with Crippen molar-refractivity contribution in [2.24, 2.45) is 0 Å². The van der Waals surface area contributed by atoms with Crippen LogP contribution < -0.4 is 4.74 Å². The van der Waals surface area contributed by atoms with Gasteiger partial charge in [0.2, 0.25) is 5.78 Å². The van der Waals surface area contributed by atoms with E-state index in [1.54, 1.807) is 16.8 Å². The van der Waals surface area contributed by atoms with Crippen LogP contribution in [0, 0.1) is 5.82 Å². The maximum absolute atomic E-state index is 13.2. The zero-order chi connectivity index (χ0) is 15.0. The van der Waals surface area contributed by atoms with Crippen LogP contribution in [0.15, 0.2) is 30.5 Å². The normalized spacial score (nSPS) is 11.0. The number of carbonyl (C=O) groups is 1. The summed E-state index contributed by atoms with van der Waals surface area (Å²) in [6.07, 6.45) is 1.53. The highest BCUT2D eigenvalue weighted by Gasteiger charge is 2.22. The number of halogens is 1. The molecule has 21 heavy (non-hydrogen) atoms. The first kappa shape index (κ1) is 13.8. The average molecular weight is 304 g/mol. The molecule has 3 aromatic rings. The molecule has 0 amide bonds. The molecule has 0 atom stereocenters. The quantitative estimate of drug-likeness (QED) is 0.693. The third kappa shape index (κ3) is 2.31. The van der Waals surface area contributed by atoms with Crippen LogP contribution in [0.5, 0.6) is 5.75 Å². The number of nitrogens with zero attached hydrogens (tertiary/aromatic N) is 2. The number of hydrogen-bond acceptors (Lipinski definition) is 4. The van der Waals surface area contributed by atoms with E-state index in [1.165, 1.54) is 36.8 Å². The second-order valence-electron chi connectivity index (χ2n) is 4.50. The van der Waals surface area contributed by atoms with E-state index in [4.69, 9.17) is 4.74 Å². The molecule has 0 spiro atoms. The first-order valence-electron chi connectivity index (χ1n) is 6.47. The van der Waals surface area contributed by atoms with Crippen molar-refractivity contribution >= 4 is 27.2 Å². The van der Waals surface area contributed by atoms with E-state index >= 15 is 0 Å². The number of aryl methyl sites for hydroxylation is 1. The molecule has 1 aromatic carbocycles. The topological polar surface area (TPSA) is 44.1 Å². The Kier molecular flexibility index (Phi) is 3.47. The third-order valence-corrected chi connectivity index (χ3v) is 4.34. The molecule has 0 unspecified atom stereocenters. The lowest BCUT2D eigenvalue weighted by atomic mass is 10.2. The number of thiophene rings is 1. The van der Waals surface area contributed by atoms with Crippen molar-refractivity contribution in [3.05, 3.63) is 46.9 Å². The molecule has 0 bridgehead atoms. The highest BCUT2D eigenvalue weighted by atomic mass is 32.1. The SMILES string of the molecule is CCn1ncc(OC)c1C(=O)c1cc2ccc(F)cc2s1. The Labute approximate surface area is 124 Å². The number of benzene rings is 1. The first-order valence-corrected chi connectivity index (χ1v) is 7.29. The summed E-state index contributed by atoms with van der Waals surface area (Å²) in [6.45, 7) is 2.48. The van der Waals surface area contributed by atoms with Crippen LogP contribution in [0.1, 0.15) is 22.3 Å². The van der Waals surface area contributed by atoms with E-state index in [0.29, 0.717) is 22.9 Å². The van der Waals surface area contributed by atoms with Crippen molar-refractivity contribution in [1.29, 1.82) is 0 Å². The minimum absolute atomic E-state index is 0.159. The summed E-state index contributed by atoms with van der Waals surface area (Å²) in [5.74, 6) is -0.0159. The lowest BCUT2D eigenvalue weighted by Gasteiger charge is -2.04. The first-order chi connectivity index (χ1) is 10.1. The van der Waals surface area contributed by atoms with Gasteiger partial charge in [0.1, 0.15) is 5.82 Å². The number of aromatic nitrogens is 2. The average Bonchev–Trinajstić information content (AvgIpc) is 3.08. The molecular weight excluding hydrogens is 291 g/mol. The number of ether oxygens (including phenoxy) is 1. The molecular formula is C15H13FN2O2S. The number of ketones is 1. The predicted octanol–water partition coefficient (Wildman–Crippen LogP) is 3.50. The van der Waals surface area contributed by atoms with Crippen LogP contribution >= 0.6 is 11.3 Å². The van der Waals surface area contributed by atoms with Gasteiger partial charge in [-0.3, -0.25) is 9.48 Å². The number of hydrogen-bond donors (Lipinski definition) is 0. The van der Waals surface area contributed by atoms with Gasteiger partial charge in [-0.2, -0.15) is 5.10 Å². The van der Waals surface area contributed by atoms with Crippen molar-refractivity contribution in [2.75, 3.05) is 7.11 Å². The highest BCUT2D eigenvalue weighted by molar-refractivity contribution is 7.21. The van der Waals surface area contributed by atoms with E-state index in [0.717, 1.165) is 10.1 Å². The Bertz CT molecular complexity index is 801. The van der Waals surface area contributed by atoms with Crippen LogP contribution in [-0.2, 0) is 6.54 Å². The molecule has 3 rings (SSSR count). The second kappa shape index (κ2) is 5.29. The molecule has 0 radical (unpaired) electrons. The summed E-state index contributed by atoms with van der Waals surface area (Å²) in [6, 6.07) is 6.27. The lowest BCUT2D eigenvalue weighted by Crippen LogP contribution is -2.10. The summed E-state index contributed by atoms with van der Waals surface area (Å²) >= 11 is 1.27. The summed E-state index contributed by atoms with van der Waals surface area (Å²) in [4.78, 5) is 13.2. The fourth-order valence-corrected chi connectivity index (χ4v) is 3.25. The summed E-state index contributed by atoms with van der Waals surface area (Å²) in [5, 5.41) is 4.99. The smallest absolute Gasteiger partial charge is 0.224 e. The van der Waals surface area contributed by atoms with E-state index in [1.807, 2.05) is 6.92 Å². The van der Waals surface area contributed by atoms with Crippen LogP contribution in [0.4, 0.5) is 4.39 Å². The minimum atomic E-state index is -0.306. The van der Waals surface area contributed by atoms with Gasteiger partial charge in [-0.05, 0) is 30.5 Å². The fraction of sp³-hybridized carbons (Fsp3) is 0.200. The third-order valence-electron chi connectivity index (χ3n) is 3.25. The van der Waals surface area contributed by atoms with E-state index in [2.05, 4.69) is 5.10 Å². The van der Waals surface area contributed by atoms with E-state index < -0.39 is 0 Å². The molecule has 6 heteroatoms. The van der Waals surface area contributed by atoms with Crippen LogP contribution in [0.3, 0.4) is 0 Å². The monoisotopic (exact) mass is 304 g/mol. The Morgan fingerprint density at radius 1 is 1.43 bits per heavy atom. The van der Waals surface area contributed by atoms with Crippen LogP contribution in [0.2, 0.25) is 0 Å². The van der Waals surface area contributed by atoms with Crippen molar-refractivity contribution < 1.29 is 13.9 Å². The lowest BCUT2D eigenvalue weighted by molar-refractivity contribution is 0.103. The van der Waals surface area contributed by atoms with Gasteiger partial charge in [0.25, 0.3) is 0 Å². The Morgan fingerprint density at radius 2 is 2.24 bits per heavy atom. The second-order valence-corrected chi connectivity index (χ2v) is 5.58. The zero-order valence-corrected chi connectivity index (χ0v) is 12.4. The highest BCUT2D eigenvalue weighted by Crippen LogP contribution is 2.30. The number of methoxy groups -OCH3 is 1. The molecule has 2 heterocycles. The van der Waals surface area contributed by atoms with Crippen molar-refractivity contribution in [2.45, 2.75) is 13.5 Å². The number of fused-ring (bicyclic) bond motifs is 1. The molecule has 0 saturated carbocycles. The van der Waals surface area contributed by atoms with E-state index in [9.17, 15) is 9.18 Å². The molecule has 0 aliphatic rings. The number of rotatable bonds is 4. The molecule has 2 aromatic heterocycles. The predicted molar refractivity (Wildman–Crippen MR) is 79.7 cm³/mol. The van der Waals surface area contributed by atoms with Crippen molar-refractivity contribution in [3.63, 3.8) is 0 Å². The molecule has 0 aliphatic heterocycles. The molecule has 0 aliphatic carbocycles. The maximum Gasteiger partial charge on any atom is 0.224 e. The van der Waals surface area contributed by atoms with Gasteiger partial charge in [0.05, 0.1) is 18.2 Å².